The van der Waals surface area contributed by atoms with Gasteiger partial charge in [0, 0.05) is 13.0 Å². The lowest BCUT2D eigenvalue weighted by molar-refractivity contribution is -0.132. The first-order valence-electron chi connectivity index (χ1n) is 7.46. The van der Waals surface area contributed by atoms with E-state index in [4.69, 9.17) is 5.73 Å². The third-order valence-corrected chi connectivity index (χ3v) is 5.20. The van der Waals surface area contributed by atoms with E-state index >= 15 is 0 Å². The minimum absolute atomic E-state index is 0.165. The molecule has 0 aromatic carbocycles. The van der Waals surface area contributed by atoms with Crippen molar-refractivity contribution in [2.24, 2.45) is 11.3 Å². The summed E-state index contributed by atoms with van der Waals surface area (Å²) in [5.41, 5.74) is 5.90. The van der Waals surface area contributed by atoms with Crippen LogP contribution in [0.5, 0.6) is 0 Å². The molecular weight excluding hydrogens is 300 g/mol. The third kappa shape index (κ3) is 1.63. The van der Waals surface area contributed by atoms with E-state index in [1.807, 2.05) is 0 Å². The van der Waals surface area contributed by atoms with E-state index in [0.717, 1.165) is 0 Å². The number of anilines is 1. The van der Waals surface area contributed by atoms with Gasteiger partial charge >= 0.3 is 0 Å². The van der Waals surface area contributed by atoms with Gasteiger partial charge in [-0.1, -0.05) is 0 Å². The normalized spacial score (nSPS) is 35.3. The molecule has 23 heavy (non-hydrogen) atoms. The molecule has 2 aromatic heterocycles. The molecule has 0 saturated heterocycles. The smallest absolute Gasteiger partial charge is 0.229 e. The molecule has 2 aliphatic carbocycles. The second-order valence-corrected chi connectivity index (χ2v) is 6.34. The van der Waals surface area contributed by atoms with Crippen LogP contribution in [-0.2, 0) is 4.79 Å². The highest BCUT2D eigenvalue weighted by Crippen LogP contribution is 2.67. The summed E-state index contributed by atoms with van der Waals surface area (Å²) in [6.45, 7) is 1.72. The summed E-state index contributed by atoms with van der Waals surface area (Å²) in [4.78, 5) is 24.8. The Balaban J connectivity index is 1.82. The van der Waals surface area contributed by atoms with Crippen molar-refractivity contribution in [2.45, 2.75) is 31.6 Å². The number of hydrogen-bond donors (Lipinski definition) is 4. The molecule has 2 aromatic rings. The molecule has 2 aliphatic rings. The highest BCUT2D eigenvalue weighted by molar-refractivity contribution is 5.88. The lowest BCUT2D eigenvalue weighted by Gasteiger charge is -2.23. The number of carbonyl (C=O) groups excluding carboxylic acids is 1. The van der Waals surface area contributed by atoms with Crippen molar-refractivity contribution in [3.63, 3.8) is 0 Å². The summed E-state index contributed by atoms with van der Waals surface area (Å²) < 4.78 is 1.70. The topological polar surface area (TPSA) is 139 Å². The molecule has 5 atom stereocenters. The molecular formula is C14H18N6O3. The van der Waals surface area contributed by atoms with Crippen LogP contribution in [-0.4, -0.2) is 54.9 Å². The van der Waals surface area contributed by atoms with E-state index in [0.29, 0.717) is 23.4 Å². The van der Waals surface area contributed by atoms with Gasteiger partial charge in [-0.2, -0.15) is 0 Å². The summed E-state index contributed by atoms with van der Waals surface area (Å²) in [7, 11) is 1.53. The molecule has 5 N–H and O–H groups in total. The lowest BCUT2D eigenvalue weighted by Crippen LogP contribution is -2.41. The van der Waals surface area contributed by atoms with Crippen LogP contribution in [0.1, 0.15) is 18.3 Å². The van der Waals surface area contributed by atoms with E-state index in [-0.39, 0.29) is 17.6 Å². The fourth-order valence-electron chi connectivity index (χ4n) is 4.06. The Kier molecular flexibility index (Phi) is 2.74. The van der Waals surface area contributed by atoms with E-state index in [9.17, 15) is 15.0 Å². The number of nitrogen functional groups attached to an aromatic ring is 1. The summed E-state index contributed by atoms with van der Waals surface area (Å²) in [5, 5.41) is 23.5. The van der Waals surface area contributed by atoms with Gasteiger partial charge in [0.05, 0.1) is 23.9 Å². The molecule has 9 heteroatoms. The highest BCUT2D eigenvalue weighted by atomic mass is 16.3. The number of amides is 1. The predicted molar refractivity (Wildman–Crippen MR) is 80.1 cm³/mol. The van der Waals surface area contributed by atoms with Gasteiger partial charge in [0.25, 0.3) is 0 Å². The van der Waals surface area contributed by atoms with Crippen molar-refractivity contribution in [3.8, 4) is 0 Å². The fourth-order valence-corrected chi connectivity index (χ4v) is 4.06. The number of rotatable bonds is 2. The van der Waals surface area contributed by atoms with Crippen molar-refractivity contribution >= 4 is 22.9 Å². The second kappa shape index (κ2) is 4.39. The Hall–Kier alpha value is -2.26. The van der Waals surface area contributed by atoms with Crippen molar-refractivity contribution in [1.82, 2.24) is 24.8 Å². The van der Waals surface area contributed by atoms with Gasteiger partial charge in [0.2, 0.25) is 5.91 Å². The monoisotopic (exact) mass is 318 g/mol. The van der Waals surface area contributed by atoms with Gasteiger partial charge < -0.3 is 25.8 Å². The quantitative estimate of drug-likeness (QED) is 0.542. The number of nitrogens with zero attached hydrogens (tertiary/aromatic N) is 4. The van der Waals surface area contributed by atoms with E-state index < -0.39 is 23.7 Å². The van der Waals surface area contributed by atoms with Gasteiger partial charge in [-0.05, 0) is 13.3 Å². The van der Waals surface area contributed by atoms with Crippen LogP contribution in [0.15, 0.2) is 6.33 Å². The number of fused-ring (bicyclic) bond motifs is 2. The average molecular weight is 318 g/mol. The van der Waals surface area contributed by atoms with Crippen molar-refractivity contribution in [2.75, 3.05) is 12.8 Å². The maximum absolute atomic E-state index is 12.2. The minimum Gasteiger partial charge on any atom is -0.389 e. The predicted octanol–water partition coefficient (Wildman–Crippen LogP) is -1.25. The minimum atomic E-state index is -1.12. The van der Waals surface area contributed by atoms with Gasteiger partial charge in [-0.3, -0.25) is 4.79 Å². The number of imidazole rings is 1. The van der Waals surface area contributed by atoms with Crippen LogP contribution < -0.4 is 11.1 Å². The number of hydrogen-bond acceptors (Lipinski definition) is 7. The maximum atomic E-state index is 12.2. The number of aliphatic hydroxyl groups excluding tert-OH is 2. The first-order chi connectivity index (χ1) is 10.9. The molecule has 122 valence electrons. The van der Waals surface area contributed by atoms with Crippen LogP contribution in [0.4, 0.5) is 5.82 Å². The molecule has 0 spiro atoms. The summed E-state index contributed by atoms with van der Waals surface area (Å²) in [6, 6.07) is -0.471. The first kappa shape index (κ1) is 14.3. The first-order valence-corrected chi connectivity index (χ1v) is 7.46. The van der Waals surface area contributed by atoms with Crippen LogP contribution >= 0.6 is 0 Å². The Morgan fingerprint density at radius 3 is 2.91 bits per heavy atom. The summed E-state index contributed by atoms with van der Waals surface area (Å²) >= 11 is 0. The molecule has 0 bridgehead atoms. The molecule has 0 aliphatic heterocycles. The van der Waals surface area contributed by atoms with E-state index in [1.54, 1.807) is 11.5 Å². The van der Waals surface area contributed by atoms with E-state index in [2.05, 4.69) is 20.3 Å². The van der Waals surface area contributed by atoms with Crippen molar-refractivity contribution < 1.29 is 15.0 Å². The Labute approximate surface area is 131 Å². The van der Waals surface area contributed by atoms with Gasteiger partial charge in [0.1, 0.15) is 17.4 Å². The number of aliphatic hydroxyl groups is 2. The zero-order valence-corrected chi connectivity index (χ0v) is 12.8. The van der Waals surface area contributed by atoms with Crippen LogP contribution in [0.2, 0.25) is 0 Å². The molecule has 4 rings (SSSR count). The standard InChI is InChI=1S/C14H18N6O3/c1-5-18-11(15)7-12(19-5)20(4-17-7)8-6-3-14(6,13(23)16-2)10(22)9(8)21/h4,6,8-10,21-22H,3H2,1-2H3,(H,16,23)(H2,15,18,19)/t6-,8-,9?,10-,14+/m1/s1. The fraction of sp³-hybridized carbons (Fsp3) is 0.571. The second-order valence-electron chi connectivity index (χ2n) is 6.34. The van der Waals surface area contributed by atoms with E-state index in [1.165, 1.54) is 13.4 Å². The van der Waals surface area contributed by atoms with Crippen LogP contribution in [0.25, 0.3) is 11.2 Å². The largest absolute Gasteiger partial charge is 0.389 e. The van der Waals surface area contributed by atoms with Gasteiger partial charge in [0.15, 0.2) is 11.5 Å². The summed E-state index contributed by atoms with van der Waals surface area (Å²) in [5.74, 6) is 0.360. The number of aromatic nitrogens is 4. The zero-order valence-electron chi connectivity index (χ0n) is 12.8. The SMILES string of the molecule is CNC(=O)[C@@]12C[C@@H]1[C@@H](n1cnc3c(N)nc(C)nc31)C(O)[C@H]2O. The lowest BCUT2D eigenvalue weighted by atomic mass is 9.98. The van der Waals surface area contributed by atoms with Crippen molar-refractivity contribution in [1.29, 1.82) is 0 Å². The van der Waals surface area contributed by atoms with Crippen molar-refractivity contribution in [3.05, 3.63) is 12.2 Å². The van der Waals surface area contributed by atoms with Gasteiger partial charge in [-0.15, -0.1) is 0 Å². The van der Waals surface area contributed by atoms with Crippen LogP contribution in [0.3, 0.4) is 0 Å². The number of nitrogens with two attached hydrogens (primary N) is 1. The Morgan fingerprint density at radius 2 is 2.22 bits per heavy atom. The molecule has 2 heterocycles. The third-order valence-electron chi connectivity index (χ3n) is 5.20. The Morgan fingerprint density at radius 1 is 1.48 bits per heavy atom. The molecule has 2 fully saturated rings. The molecule has 1 unspecified atom stereocenters. The number of nitrogens with one attached hydrogen (secondary N) is 1. The summed E-state index contributed by atoms with van der Waals surface area (Å²) in [6.07, 6.45) is -0.127. The van der Waals surface area contributed by atoms with Gasteiger partial charge in [-0.25, -0.2) is 15.0 Å². The molecule has 9 nitrogen and oxygen atoms in total. The number of carbonyl (C=O) groups is 1. The Bertz CT molecular complexity index is 820. The zero-order chi connectivity index (χ0) is 16.5. The van der Waals surface area contributed by atoms with Crippen LogP contribution in [0, 0.1) is 18.3 Å². The molecule has 0 radical (unpaired) electrons. The maximum Gasteiger partial charge on any atom is 0.229 e. The molecule has 2 saturated carbocycles. The average Bonchev–Trinajstić information content (AvgIpc) is 3.05. The molecule has 1 amide bonds. The highest BCUT2D eigenvalue weighted by Gasteiger charge is 2.75. The number of aryl methyl sites for hydroxylation is 1.